The summed E-state index contributed by atoms with van der Waals surface area (Å²) in [5.41, 5.74) is 1.03. The van der Waals surface area contributed by atoms with Crippen molar-refractivity contribution >= 4 is 23.4 Å². The van der Waals surface area contributed by atoms with Gasteiger partial charge in [-0.2, -0.15) is 0 Å². The second-order valence-electron chi connectivity index (χ2n) is 9.11. The summed E-state index contributed by atoms with van der Waals surface area (Å²) >= 11 is 0. The van der Waals surface area contributed by atoms with Gasteiger partial charge in [0.1, 0.15) is 24.6 Å². The number of rotatable bonds is 7. The molecule has 0 aliphatic carbocycles. The number of quaternary nitrogens is 1. The number of aryl methyl sites for hydroxylation is 1. The quantitative estimate of drug-likeness (QED) is 0.241. The van der Waals surface area contributed by atoms with Gasteiger partial charge in [0.05, 0.1) is 32.9 Å². The monoisotopic (exact) mass is 499 g/mol. The maximum absolute atomic E-state index is 14.2. The fourth-order valence-corrected chi connectivity index (χ4v) is 5.07. The molecule has 36 heavy (non-hydrogen) atoms. The highest BCUT2D eigenvalue weighted by Gasteiger charge is 2.44. The Kier molecular flexibility index (Phi) is 7.56. The van der Waals surface area contributed by atoms with E-state index in [2.05, 4.69) is 4.98 Å². The summed E-state index contributed by atoms with van der Waals surface area (Å²) in [6.07, 6.45) is 0.607. The molecule has 2 saturated heterocycles. The smallest absolute Gasteiger partial charge is 0.354 e. The number of carbonyl (C=O) groups is 3. The van der Waals surface area contributed by atoms with Gasteiger partial charge in [0.25, 0.3) is 5.91 Å². The zero-order valence-electron chi connectivity index (χ0n) is 20.6. The zero-order valence-corrected chi connectivity index (χ0v) is 20.6. The zero-order chi connectivity index (χ0) is 26.0. The van der Waals surface area contributed by atoms with E-state index in [1.807, 2.05) is 0 Å². The molecule has 0 bridgehead atoms. The second-order valence-corrected chi connectivity index (χ2v) is 9.11. The highest BCUT2D eigenvalue weighted by atomic mass is 19.1. The van der Waals surface area contributed by atoms with Gasteiger partial charge in [-0.15, -0.1) is 0 Å². The van der Waals surface area contributed by atoms with Crippen LogP contribution in [-0.2, 0) is 19.1 Å². The molecule has 0 radical (unpaired) electrons. The van der Waals surface area contributed by atoms with Crippen LogP contribution in [0.2, 0.25) is 0 Å². The summed E-state index contributed by atoms with van der Waals surface area (Å²) in [5, 5.41) is 13.8. The van der Waals surface area contributed by atoms with Gasteiger partial charge in [-0.05, 0) is 42.7 Å². The Labute approximate surface area is 208 Å². The van der Waals surface area contributed by atoms with Crippen molar-refractivity contribution in [3.05, 3.63) is 63.7 Å². The van der Waals surface area contributed by atoms with Gasteiger partial charge in [-0.25, -0.2) is 9.18 Å². The van der Waals surface area contributed by atoms with Crippen molar-refractivity contribution in [1.29, 1.82) is 0 Å². The second kappa shape index (κ2) is 10.6. The first-order valence-electron chi connectivity index (χ1n) is 12.0. The third-order valence-electron chi connectivity index (χ3n) is 6.88. The summed E-state index contributed by atoms with van der Waals surface area (Å²) < 4.78 is 24.4. The number of halogens is 1. The van der Waals surface area contributed by atoms with Crippen molar-refractivity contribution in [2.45, 2.75) is 26.3 Å². The molecule has 2 fully saturated rings. The Bertz CT molecular complexity index is 1210. The van der Waals surface area contributed by atoms with Crippen LogP contribution < -0.4 is 10.0 Å². The Morgan fingerprint density at radius 1 is 1.28 bits per heavy atom. The van der Waals surface area contributed by atoms with Gasteiger partial charge in [0.2, 0.25) is 5.78 Å². The molecule has 1 amide bonds. The number of methoxy groups -OCH3 is 1. The lowest BCUT2D eigenvalue weighted by Gasteiger charge is -2.29. The highest BCUT2D eigenvalue weighted by molar-refractivity contribution is 6.46. The number of aromatic amines is 1. The molecule has 10 heteroatoms. The van der Waals surface area contributed by atoms with Crippen LogP contribution in [0.15, 0.2) is 29.8 Å². The maximum atomic E-state index is 14.2. The van der Waals surface area contributed by atoms with Gasteiger partial charge in [-0.1, -0.05) is 17.9 Å². The number of ketones is 1. The lowest BCUT2D eigenvalue weighted by molar-refractivity contribution is -0.908. The Morgan fingerprint density at radius 2 is 2.00 bits per heavy atom. The number of hydrogen-bond acceptors (Lipinski definition) is 6. The molecule has 3 heterocycles. The van der Waals surface area contributed by atoms with E-state index in [9.17, 15) is 23.9 Å². The Morgan fingerprint density at radius 3 is 2.67 bits per heavy atom. The SMILES string of the molecule is COC(=O)c1[nH]c(C)c(C([O-])=C2C(=O)C(=O)N(CCC[NH+]3CCOCC3)C2c2cccc(F)c2)c1C. The number of esters is 1. The summed E-state index contributed by atoms with van der Waals surface area (Å²) in [5.74, 6) is -3.55. The number of ether oxygens (including phenoxy) is 2. The van der Waals surface area contributed by atoms with Gasteiger partial charge in [0.15, 0.2) is 0 Å². The van der Waals surface area contributed by atoms with Gasteiger partial charge in [0, 0.05) is 24.2 Å². The van der Waals surface area contributed by atoms with E-state index < -0.39 is 35.3 Å². The fourth-order valence-electron chi connectivity index (χ4n) is 5.07. The third kappa shape index (κ3) is 4.78. The molecule has 9 nitrogen and oxygen atoms in total. The summed E-state index contributed by atoms with van der Waals surface area (Å²) in [6.45, 7) is 7.29. The number of carbonyl (C=O) groups excluding carboxylic acids is 3. The van der Waals surface area contributed by atoms with Crippen LogP contribution in [-0.4, -0.2) is 74.0 Å². The molecule has 4 rings (SSSR count). The van der Waals surface area contributed by atoms with Crippen LogP contribution in [0.1, 0.15) is 45.3 Å². The molecule has 192 valence electrons. The normalized spacial score (nSPS) is 20.2. The van der Waals surface area contributed by atoms with Gasteiger partial charge in [-0.3, -0.25) is 9.59 Å². The van der Waals surface area contributed by atoms with Gasteiger partial charge >= 0.3 is 5.97 Å². The Hall–Kier alpha value is -3.50. The molecule has 2 aromatic rings. The molecule has 2 N–H and O–H groups in total. The van der Waals surface area contributed by atoms with Gasteiger partial charge < -0.3 is 29.4 Å². The van der Waals surface area contributed by atoms with Crippen LogP contribution in [0.5, 0.6) is 0 Å². The Balaban J connectivity index is 1.75. The van der Waals surface area contributed by atoms with Crippen molar-refractivity contribution in [3.63, 3.8) is 0 Å². The van der Waals surface area contributed by atoms with Crippen molar-refractivity contribution in [2.24, 2.45) is 0 Å². The lowest BCUT2D eigenvalue weighted by Crippen LogP contribution is -3.14. The van der Waals surface area contributed by atoms with Crippen LogP contribution in [0, 0.1) is 19.7 Å². The first kappa shape index (κ1) is 25.6. The number of amides is 1. The number of hydrogen-bond donors (Lipinski definition) is 2. The highest BCUT2D eigenvalue weighted by Crippen LogP contribution is 2.40. The summed E-state index contributed by atoms with van der Waals surface area (Å²) in [4.78, 5) is 44.0. The van der Waals surface area contributed by atoms with Crippen molar-refractivity contribution in [1.82, 2.24) is 9.88 Å². The van der Waals surface area contributed by atoms with Crippen molar-refractivity contribution in [3.8, 4) is 0 Å². The van der Waals surface area contributed by atoms with E-state index in [0.29, 0.717) is 36.5 Å². The summed E-state index contributed by atoms with van der Waals surface area (Å²) in [6, 6.07) is 4.56. The first-order valence-corrected chi connectivity index (χ1v) is 12.0. The first-order chi connectivity index (χ1) is 17.2. The van der Waals surface area contributed by atoms with E-state index in [1.54, 1.807) is 19.9 Å². The number of benzene rings is 1. The van der Waals surface area contributed by atoms with Crippen molar-refractivity contribution < 1.29 is 38.3 Å². The van der Waals surface area contributed by atoms with Crippen molar-refractivity contribution in [2.75, 3.05) is 46.5 Å². The molecule has 1 atom stereocenters. The molecule has 1 unspecified atom stereocenters. The number of H-pyrrole nitrogens is 1. The average Bonchev–Trinajstić information content (AvgIpc) is 3.31. The third-order valence-corrected chi connectivity index (χ3v) is 6.88. The van der Waals surface area contributed by atoms with E-state index in [4.69, 9.17) is 9.47 Å². The van der Waals surface area contributed by atoms with Crippen LogP contribution in [0.25, 0.3) is 5.76 Å². The number of nitrogens with one attached hydrogen (secondary N) is 2. The predicted molar refractivity (Wildman–Crippen MR) is 125 cm³/mol. The number of aromatic nitrogens is 1. The average molecular weight is 500 g/mol. The predicted octanol–water partition coefficient (Wildman–Crippen LogP) is 0.0864. The van der Waals surface area contributed by atoms with E-state index in [1.165, 1.54) is 35.1 Å². The van der Waals surface area contributed by atoms with E-state index in [0.717, 1.165) is 19.6 Å². The number of morpholine rings is 1. The number of nitrogens with zero attached hydrogens (tertiary/aromatic N) is 1. The number of likely N-dealkylation sites (tertiary alicyclic amines) is 1. The molecule has 0 saturated carbocycles. The minimum absolute atomic E-state index is 0.100. The fraction of sp³-hybridized carbons (Fsp3) is 0.423. The molecular weight excluding hydrogens is 469 g/mol. The lowest BCUT2D eigenvalue weighted by atomic mass is 9.94. The largest absolute Gasteiger partial charge is 0.872 e. The minimum Gasteiger partial charge on any atom is -0.872 e. The van der Waals surface area contributed by atoms with Crippen LogP contribution in [0.3, 0.4) is 0 Å². The molecule has 2 aliphatic heterocycles. The number of Topliss-reactive ketones (excluding diaryl/α,β-unsaturated/α-hetero) is 1. The maximum Gasteiger partial charge on any atom is 0.354 e. The molecule has 0 spiro atoms. The molecule has 2 aliphatic rings. The topological polar surface area (TPSA) is 116 Å². The van der Waals surface area contributed by atoms with E-state index >= 15 is 0 Å². The minimum atomic E-state index is -1.02. The van der Waals surface area contributed by atoms with Crippen LogP contribution in [0.4, 0.5) is 4.39 Å². The van der Waals surface area contributed by atoms with Crippen LogP contribution >= 0.6 is 0 Å². The summed E-state index contributed by atoms with van der Waals surface area (Å²) in [7, 11) is 1.23. The molecule has 1 aromatic heterocycles. The molecule has 1 aromatic carbocycles. The van der Waals surface area contributed by atoms with E-state index in [-0.39, 0.29) is 23.4 Å². The standard InChI is InChI=1S/C26H30FN3O6/c1-15-19(16(2)28-21(15)26(34)35-3)23(31)20-22(17-6-4-7-18(27)14-17)30(25(33)24(20)32)9-5-8-29-10-12-36-13-11-29/h4,6-7,14,22,28,31H,5,8-13H2,1-3H3. The molecular formula is C26H30FN3O6.